The molecule has 3 rings (SSSR count). The molecule has 8 heteroatoms. The van der Waals surface area contributed by atoms with Crippen molar-refractivity contribution in [1.82, 2.24) is 4.57 Å². The van der Waals surface area contributed by atoms with Crippen molar-refractivity contribution in [3.05, 3.63) is 62.9 Å². The summed E-state index contributed by atoms with van der Waals surface area (Å²) in [5.74, 6) is 0.566. The lowest BCUT2D eigenvalue weighted by molar-refractivity contribution is -0.384. The average molecular weight is 387 g/mol. The van der Waals surface area contributed by atoms with Gasteiger partial charge in [0.1, 0.15) is 0 Å². The smallest absolute Gasteiger partial charge is 0.280 e. The van der Waals surface area contributed by atoms with Crippen molar-refractivity contribution in [3.63, 3.8) is 0 Å². The number of nitro groups is 1. The normalized spacial score (nSPS) is 11.8. The summed E-state index contributed by atoms with van der Waals surface area (Å²) in [5, 5.41) is 11.0. The summed E-state index contributed by atoms with van der Waals surface area (Å²) in [5.41, 5.74) is 1.45. The molecule has 2 aromatic carbocycles. The molecule has 1 amide bonds. The Hall–Kier alpha value is -2.45. The van der Waals surface area contributed by atoms with Gasteiger partial charge >= 0.3 is 0 Å². The van der Waals surface area contributed by atoms with E-state index in [1.165, 1.54) is 23.5 Å². The minimum Gasteiger partial charge on any atom is -0.317 e. The molecule has 134 valence electrons. The van der Waals surface area contributed by atoms with Gasteiger partial charge in [0.15, 0.2) is 4.80 Å². The molecule has 0 spiro atoms. The van der Waals surface area contributed by atoms with Gasteiger partial charge in [0.25, 0.3) is 11.6 Å². The van der Waals surface area contributed by atoms with Crippen LogP contribution in [-0.2, 0) is 6.54 Å². The first-order valence-corrected chi connectivity index (χ1v) is 9.94. The van der Waals surface area contributed by atoms with Crippen LogP contribution in [0.1, 0.15) is 24.2 Å². The third kappa shape index (κ3) is 3.56. The SMILES string of the molecule is CCSc1ccccc1C(=O)N=c1sc2cc([N+](=O)[O-])ccc2n1CC. The fraction of sp³-hybridized carbons (Fsp3) is 0.222. The Balaban J connectivity index is 2.12. The summed E-state index contributed by atoms with van der Waals surface area (Å²) in [7, 11) is 0. The van der Waals surface area contributed by atoms with E-state index in [9.17, 15) is 14.9 Å². The van der Waals surface area contributed by atoms with Gasteiger partial charge in [0.05, 0.1) is 20.7 Å². The molecule has 0 N–H and O–H groups in total. The lowest BCUT2D eigenvalue weighted by Gasteiger charge is -2.04. The van der Waals surface area contributed by atoms with Crippen LogP contribution in [0.5, 0.6) is 0 Å². The van der Waals surface area contributed by atoms with Crippen LogP contribution in [0.2, 0.25) is 0 Å². The van der Waals surface area contributed by atoms with E-state index in [1.807, 2.05) is 36.6 Å². The summed E-state index contributed by atoms with van der Waals surface area (Å²) in [6.07, 6.45) is 0. The highest BCUT2D eigenvalue weighted by Crippen LogP contribution is 2.25. The Labute approximate surface area is 158 Å². The van der Waals surface area contributed by atoms with Gasteiger partial charge in [-0.2, -0.15) is 4.99 Å². The van der Waals surface area contributed by atoms with Gasteiger partial charge in [0.2, 0.25) is 0 Å². The molecule has 0 fully saturated rings. The quantitative estimate of drug-likeness (QED) is 0.367. The van der Waals surface area contributed by atoms with E-state index in [1.54, 1.807) is 23.9 Å². The Morgan fingerprint density at radius 3 is 2.73 bits per heavy atom. The molecular formula is C18H17N3O3S2. The van der Waals surface area contributed by atoms with E-state index in [0.717, 1.165) is 20.9 Å². The lowest BCUT2D eigenvalue weighted by Crippen LogP contribution is -2.16. The summed E-state index contributed by atoms with van der Waals surface area (Å²) in [6, 6.07) is 12.1. The molecule has 3 aromatic rings. The van der Waals surface area contributed by atoms with Gasteiger partial charge in [0, 0.05) is 23.6 Å². The minimum absolute atomic E-state index is 0.0320. The van der Waals surface area contributed by atoms with Crippen molar-refractivity contribution in [2.24, 2.45) is 4.99 Å². The number of aryl methyl sites for hydroxylation is 1. The highest BCUT2D eigenvalue weighted by atomic mass is 32.2. The molecule has 6 nitrogen and oxygen atoms in total. The molecule has 0 saturated heterocycles. The van der Waals surface area contributed by atoms with E-state index in [0.29, 0.717) is 16.9 Å². The molecule has 0 aliphatic carbocycles. The highest BCUT2D eigenvalue weighted by molar-refractivity contribution is 7.99. The zero-order chi connectivity index (χ0) is 18.7. The van der Waals surface area contributed by atoms with Crippen LogP contribution in [-0.4, -0.2) is 21.2 Å². The van der Waals surface area contributed by atoms with E-state index in [4.69, 9.17) is 0 Å². The first-order valence-electron chi connectivity index (χ1n) is 8.13. The number of rotatable bonds is 5. The monoisotopic (exact) mass is 387 g/mol. The molecule has 0 atom stereocenters. The Bertz CT molecular complexity index is 1050. The van der Waals surface area contributed by atoms with Crippen molar-refractivity contribution in [2.75, 3.05) is 5.75 Å². The van der Waals surface area contributed by atoms with Crippen LogP contribution >= 0.6 is 23.1 Å². The predicted molar refractivity (Wildman–Crippen MR) is 105 cm³/mol. The van der Waals surface area contributed by atoms with Gasteiger partial charge in [-0.25, -0.2) is 0 Å². The van der Waals surface area contributed by atoms with Crippen molar-refractivity contribution in [2.45, 2.75) is 25.3 Å². The first-order chi connectivity index (χ1) is 12.5. The summed E-state index contributed by atoms with van der Waals surface area (Å²) >= 11 is 2.89. The van der Waals surface area contributed by atoms with Crippen molar-refractivity contribution in [1.29, 1.82) is 0 Å². The number of aromatic nitrogens is 1. The maximum Gasteiger partial charge on any atom is 0.280 e. The third-order valence-electron chi connectivity index (χ3n) is 3.81. The molecule has 1 heterocycles. The lowest BCUT2D eigenvalue weighted by atomic mass is 10.2. The maximum atomic E-state index is 12.7. The van der Waals surface area contributed by atoms with Gasteiger partial charge in [-0.05, 0) is 30.9 Å². The number of thiazole rings is 1. The molecule has 0 unspecified atom stereocenters. The van der Waals surface area contributed by atoms with Crippen molar-refractivity contribution < 1.29 is 9.72 Å². The number of benzene rings is 2. The first kappa shape index (κ1) is 18.3. The van der Waals surface area contributed by atoms with Crippen LogP contribution < -0.4 is 4.80 Å². The molecular weight excluding hydrogens is 370 g/mol. The van der Waals surface area contributed by atoms with Crippen LogP contribution in [0.3, 0.4) is 0 Å². The number of non-ortho nitro benzene ring substituents is 1. The number of carbonyl (C=O) groups excluding carboxylic acids is 1. The molecule has 26 heavy (non-hydrogen) atoms. The number of hydrogen-bond acceptors (Lipinski definition) is 5. The zero-order valence-electron chi connectivity index (χ0n) is 14.3. The number of fused-ring (bicyclic) bond motifs is 1. The zero-order valence-corrected chi connectivity index (χ0v) is 16.0. The van der Waals surface area contributed by atoms with Crippen LogP contribution in [0.4, 0.5) is 5.69 Å². The van der Waals surface area contributed by atoms with Gasteiger partial charge < -0.3 is 4.57 Å². The second-order valence-electron chi connectivity index (χ2n) is 5.38. The van der Waals surface area contributed by atoms with E-state index >= 15 is 0 Å². The number of amides is 1. The second-order valence-corrected chi connectivity index (χ2v) is 7.70. The number of thioether (sulfide) groups is 1. The Morgan fingerprint density at radius 1 is 1.27 bits per heavy atom. The fourth-order valence-electron chi connectivity index (χ4n) is 2.64. The number of nitro benzene ring substituents is 1. The standard InChI is InChI=1S/C18H17N3O3S2/c1-3-20-14-10-9-12(21(23)24)11-16(14)26-18(20)19-17(22)13-7-5-6-8-15(13)25-4-2/h5-11H,3-4H2,1-2H3. The van der Waals surface area contributed by atoms with E-state index in [2.05, 4.69) is 4.99 Å². The summed E-state index contributed by atoms with van der Waals surface area (Å²) in [4.78, 5) is 29.1. The van der Waals surface area contributed by atoms with Gasteiger partial charge in [-0.3, -0.25) is 14.9 Å². The van der Waals surface area contributed by atoms with E-state index in [-0.39, 0.29) is 11.6 Å². The van der Waals surface area contributed by atoms with Crippen molar-refractivity contribution in [3.8, 4) is 0 Å². The van der Waals surface area contributed by atoms with E-state index < -0.39 is 4.92 Å². The van der Waals surface area contributed by atoms with Crippen LogP contribution in [0.25, 0.3) is 10.2 Å². The molecule has 0 bridgehead atoms. The number of carbonyl (C=O) groups is 1. The highest BCUT2D eigenvalue weighted by Gasteiger charge is 2.14. The molecule has 0 saturated carbocycles. The second kappa shape index (κ2) is 7.84. The van der Waals surface area contributed by atoms with Crippen LogP contribution in [0, 0.1) is 10.1 Å². The largest absolute Gasteiger partial charge is 0.317 e. The maximum absolute atomic E-state index is 12.7. The molecule has 1 aromatic heterocycles. The fourth-order valence-corrected chi connectivity index (χ4v) is 4.56. The van der Waals surface area contributed by atoms with Gasteiger partial charge in [-0.15, -0.1) is 11.8 Å². The average Bonchev–Trinajstić information content (AvgIpc) is 2.98. The Kier molecular flexibility index (Phi) is 5.53. The summed E-state index contributed by atoms with van der Waals surface area (Å²) < 4.78 is 2.64. The van der Waals surface area contributed by atoms with Crippen molar-refractivity contribution >= 4 is 44.9 Å². The van der Waals surface area contributed by atoms with Crippen LogP contribution in [0.15, 0.2) is 52.4 Å². The molecule has 0 radical (unpaired) electrons. The third-order valence-corrected chi connectivity index (χ3v) is 5.80. The molecule has 0 aliphatic heterocycles. The predicted octanol–water partition coefficient (Wildman–Crippen LogP) is 4.48. The number of nitrogens with zero attached hydrogens (tertiary/aromatic N) is 3. The minimum atomic E-state index is -0.421. The summed E-state index contributed by atoms with van der Waals surface area (Å²) in [6.45, 7) is 4.61. The Morgan fingerprint density at radius 2 is 2.04 bits per heavy atom. The molecule has 0 aliphatic rings. The van der Waals surface area contributed by atoms with Gasteiger partial charge in [-0.1, -0.05) is 30.4 Å². The number of hydrogen-bond donors (Lipinski definition) is 0. The topological polar surface area (TPSA) is 77.5 Å².